The summed E-state index contributed by atoms with van der Waals surface area (Å²) in [6.07, 6.45) is 7.52. The molecule has 7 nitrogen and oxygen atoms in total. The maximum atomic E-state index is 13.5. The highest BCUT2D eigenvalue weighted by atomic mass is 16.5. The van der Waals surface area contributed by atoms with Crippen LogP contribution in [0.5, 0.6) is 0 Å². The molecular weight excluding hydrogens is 406 g/mol. The van der Waals surface area contributed by atoms with Crippen LogP contribution in [-0.2, 0) is 25.5 Å². The SMILES string of the molecule is CCOC(=O)[C@H]1N[C@@H]1C(=O)N[C@@H](Cc1ccccc1)C(=O)NC12CC3CC(CC(C3)C1)C2. The highest BCUT2D eigenvalue weighted by Gasteiger charge is 2.52. The number of ether oxygens (including phenoxy) is 1. The van der Waals surface area contributed by atoms with Crippen LogP contribution in [0.3, 0.4) is 0 Å². The van der Waals surface area contributed by atoms with Gasteiger partial charge in [0.25, 0.3) is 0 Å². The molecule has 172 valence electrons. The molecule has 3 atom stereocenters. The summed E-state index contributed by atoms with van der Waals surface area (Å²) in [4.78, 5) is 38.2. The lowest BCUT2D eigenvalue weighted by atomic mass is 9.53. The summed E-state index contributed by atoms with van der Waals surface area (Å²) in [5.41, 5.74) is 0.876. The Balaban J connectivity index is 1.27. The van der Waals surface area contributed by atoms with Crippen molar-refractivity contribution in [2.45, 2.75) is 75.5 Å². The predicted molar refractivity (Wildman–Crippen MR) is 118 cm³/mol. The van der Waals surface area contributed by atoms with Crippen LogP contribution >= 0.6 is 0 Å². The summed E-state index contributed by atoms with van der Waals surface area (Å²) in [6, 6.07) is 7.79. The van der Waals surface area contributed by atoms with Gasteiger partial charge in [0.2, 0.25) is 11.8 Å². The Morgan fingerprint density at radius 1 is 1.03 bits per heavy atom. The second kappa shape index (κ2) is 8.50. The third-order valence-corrected chi connectivity index (χ3v) is 7.75. The monoisotopic (exact) mass is 439 g/mol. The lowest BCUT2D eigenvalue weighted by Gasteiger charge is -2.57. The third-order valence-electron chi connectivity index (χ3n) is 7.75. The second-order valence-corrected chi connectivity index (χ2v) is 10.3. The number of hydrogen-bond acceptors (Lipinski definition) is 5. The summed E-state index contributed by atoms with van der Waals surface area (Å²) in [6.45, 7) is 2.01. The zero-order chi connectivity index (χ0) is 22.3. The van der Waals surface area contributed by atoms with Gasteiger partial charge in [-0.25, -0.2) is 0 Å². The van der Waals surface area contributed by atoms with Crippen molar-refractivity contribution >= 4 is 17.8 Å². The summed E-state index contributed by atoms with van der Waals surface area (Å²) in [7, 11) is 0. The Bertz CT molecular complexity index is 851. The van der Waals surface area contributed by atoms with Crippen LogP contribution in [-0.4, -0.2) is 48.1 Å². The highest BCUT2D eigenvalue weighted by molar-refractivity contribution is 5.97. The number of carbonyl (C=O) groups is 3. The number of hydrogen-bond donors (Lipinski definition) is 3. The topological polar surface area (TPSA) is 106 Å². The third kappa shape index (κ3) is 4.40. The first kappa shape index (κ1) is 21.4. The van der Waals surface area contributed by atoms with E-state index in [1.807, 2.05) is 30.3 Å². The van der Waals surface area contributed by atoms with Gasteiger partial charge in [0.05, 0.1) is 6.61 Å². The van der Waals surface area contributed by atoms with Crippen LogP contribution < -0.4 is 16.0 Å². The van der Waals surface area contributed by atoms with E-state index in [1.54, 1.807) is 6.92 Å². The molecule has 1 heterocycles. The van der Waals surface area contributed by atoms with Crippen LogP contribution in [0.15, 0.2) is 30.3 Å². The second-order valence-electron chi connectivity index (χ2n) is 10.3. The standard InChI is InChI=1S/C25H33N3O4/c1-2-32-24(31)21-20(27-21)23(30)26-19(11-15-6-4-3-5-7-15)22(29)28-25-12-16-8-17(13-25)10-18(9-16)14-25/h3-7,16-21,27H,2,8-14H2,1H3,(H,26,30)(H,28,29)/t16?,17?,18?,19-,20-,21-,25?/m0/s1. The molecule has 4 saturated carbocycles. The van der Waals surface area contributed by atoms with E-state index in [0.717, 1.165) is 42.6 Å². The van der Waals surface area contributed by atoms with Crippen LogP contribution in [0.4, 0.5) is 0 Å². The van der Waals surface area contributed by atoms with Crippen LogP contribution in [0, 0.1) is 17.8 Å². The molecule has 5 fully saturated rings. The normalized spacial score (nSPS) is 35.1. The number of amides is 2. The Hall–Kier alpha value is -2.41. The number of nitrogens with one attached hydrogen (secondary N) is 3. The quantitative estimate of drug-likeness (QED) is 0.422. The van der Waals surface area contributed by atoms with Gasteiger partial charge in [-0.15, -0.1) is 0 Å². The van der Waals surface area contributed by atoms with E-state index in [1.165, 1.54) is 19.3 Å². The van der Waals surface area contributed by atoms with E-state index >= 15 is 0 Å². The van der Waals surface area contributed by atoms with Gasteiger partial charge >= 0.3 is 5.97 Å². The van der Waals surface area contributed by atoms with Crippen molar-refractivity contribution in [1.29, 1.82) is 0 Å². The van der Waals surface area contributed by atoms with Crippen LogP contribution in [0.2, 0.25) is 0 Å². The minimum atomic E-state index is -0.678. The van der Waals surface area contributed by atoms with E-state index in [4.69, 9.17) is 4.74 Å². The van der Waals surface area contributed by atoms with Gasteiger partial charge in [-0.05, 0) is 68.8 Å². The van der Waals surface area contributed by atoms with Crippen molar-refractivity contribution < 1.29 is 19.1 Å². The molecule has 1 aromatic carbocycles. The molecule has 32 heavy (non-hydrogen) atoms. The minimum Gasteiger partial charge on any atom is -0.465 e. The van der Waals surface area contributed by atoms with Gasteiger partial charge in [-0.2, -0.15) is 0 Å². The first-order valence-corrected chi connectivity index (χ1v) is 12.0. The number of rotatable bonds is 8. The zero-order valence-electron chi connectivity index (χ0n) is 18.6. The van der Waals surface area contributed by atoms with Crippen molar-refractivity contribution in [2.24, 2.45) is 17.8 Å². The molecule has 0 aromatic heterocycles. The lowest BCUT2D eigenvalue weighted by Crippen LogP contribution is -2.63. The Morgan fingerprint density at radius 3 is 2.25 bits per heavy atom. The minimum absolute atomic E-state index is 0.113. The first-order valence-electron chi connectivity index (χ1n) is 12.0. The lowest BCUT2D eigenvalue weighted by molar-refractivity contribution is -0.143. The molecule has 1 saturated heterocycles. The number of benzene rings is 1. The molecule has 4 aliphatic carbocycles. The van der Waals surface area contributed by atoms with Crippen molar-refractivity contribution in [3.05, 3.63) is 35.9 Å². The zero-order valence-corrected chi connectivity index (χ0v) is 18.6. The molecule has 7 heteroatoms. The van der Waals surface area contributed by atoms with Gasteiger partial charge in [0.15, 0.2) is 0 Å². The Kier molecular flexibility index (Phi) is 5.70. The van der Waals surface area contributed by atoms with E-state index in [-0.39, 0.29) is 24.0 Å². The molecular formula is C25H33N3O4. The van der Waals surface area contributed by atoms with Gasteiger partial charge < -0.3 is 15.4 Å². The Morgan fingerprint density at radius 2 is 1.66 bits per heavy atom. The van der Waals surface area contributed by atoms with Crippen molar-refractivity contribution in [3.8, 4) is 0 Å². The average Bonchev–Trinajstić information content (AvgIpc) is 3.54. The van der Waals surface area contributed by atoms with E-state index in [0.29, 0.717) is 6.42 Å². The molecule has 0 unspecified atom stereocenters. The maximum Gasteiger partial charge on any atom is 0.325 e. The van der Waals surface area contributed by atoms with E-state index in [2.05, 4.69) is 16.0 Å². The molecule has 1 aliphatic heterocycles. The molecule has 3 N–H and O–H groups in total. The van der Waals surface area contributed by atoms with Crippen LogP contribution in [0.1, 0.15) is 51.0 Å². The fourth-order valence-electron chi connectivity index (χ4n) is 6.73. The predicted octanol–water partition coefficient (Wildman–Crippen LogP) is 1.70. The summed E-state index contributed by atoms with van der Waals surface area (Å²) < 4.78 is 4.99. The van der Waals surface area contributed by atoms with Gasteiger partial charge in [0.1, 0.15) is 18.1 Å². The fourth-order valence-corrected chi connectivity index (χ4v) is 6.73. The van der Waals surface area contributed by atoms with Crippen molar-refractivity contribution in [3.63, 3.8) is 0 Å². The van der Waals surface area contributed by atoms with Crippen LogP contribution in [0.25, 0.3) is 0 Å². The van der Waals surface area contributed by atoms with Crippen molar-refractivity contribution in [1.82, 2.24) is 16.0 Å². The molecule has 2 amide bonds. The molecule has 4 bridgehead atoms. The van der Waals surface area contributed by atoms with Gasteiger partial charge in [-0.1, -0.05) is 30.3 Å². The average molecular weight is 440 g/mol. The maximum absolute atomic E-state index is 13.5. The molecule has 1 aromatic rings. The van der Waals surface area contributed by atoms with E-state index < -0.39 is 24.1 Å². The van der Waals surface area contributed by atoms with Gasteiger partial charge in [0, 0.05) is 12.0 Å². The fraction of sp³-hybridized carbons (Fsp3) is 0.640. The molecule has 0 radical (unpaired) electrons. The smallest absolute Gasteiger partial charge is 0.325 e. The molecule has 5 aliphatic rings. The van der Waals surface area contributed by atoms with E-state index in [9.17, 15) is 14.4 Å². The summed E-state index contributed by atoms with van der Waals surface area (Å²) >= 11 is 0. The first-order chi connectivity index (χ1) is 15.4. The largest absolute Gasteiger partial charge is 0.465 e. The Labute approximate surface area is 189 Å². The summed E-state index contributed by atoms with van der Waals surface area (Å²) in [5, 5.41) is 9.18. The van der Waals surface area contributed by atoms with Gasteiger partial charge in [-0.3, -0.25) is 19.7 Å². The number of esters is 1. The number of carbonyl (C=O) groups excluding carboxylic acids is 3. The molecule has 0 spiro atoms. The van der Waals surface area contributed by atoms with Crippen molar-refractivity contribution in [2.75, 3.05) is 6.61 Å². The highest BCUT2D eigenvalue weighted by Crippen LogP contribution is 2.55. The molecule has 6 rings (SSSR count). The summed E-state index contributed by atoms with van der Waals surface area (Å²) in [5.74, 6) is 1.31.